The van der Waals surface area contributed by atoms with Crippen LogP contribution < -0.4 is 5.32 Å². The first-order valence-electron chi connectivity index (χ1n) is 6.90. The number of esters is 1. The topological polar surface area (TPSA) is 64.1 Å². The van der Waals surface area contributed by atoms with Gasteiger partial charge in [0.05, 0.1) is 12.4 Å². The highest BCUT2D eigenvalue weighted by Gasteiger charge is 2.14. The summed E-state index contributed by atoms with van der Waals surface area (Å²) in [6.45, 7) is 11.1. The summed E-state index contributed by atoms with van der Waals surface area (Å²) < 4.78 is 4.94. The van der Waals surface area contributed by atoms with Crippen molar-refractivity contribution in [3.05, 3.63) is 11.4 Å². The molecule has 0 radical (unpaired) electrons. The average molecular weight is 297 g/mol. The molecule has 0 unspecified atom stereocenters. The van der Waals surface area contributed by atoms with Gasteiger partial charge in [-0.1, -0.05) is 25.6 Å². The van der Waals surface area contributed by atoms with Gasteiger partial charge in [-0.05, 0) is 20.8 Å². The normalized spacial score (nSPS) is 10.7. The van der Waals surface area contributed by atoms with Crippen LogP contribution in [0.3, 0.4) is 0 Å². The zero-order valence-electron chi connectivity index (χ0n) is 12.8. The smallest absolute Gasteiger partial charge is 0.316 e. The van der Waals surface area contributed by atoms with Crippen LogP contribution in [0.15, 0.2) is 5.03 Å². The molecule has 0 aliphatic rings. The molecule has 0 saturated heterocycles. The van der Waals surface area contributed by atoms with E-state index in [1.165, 1.54) is 11.8 Å². The Labute approximate surface area is 124 Å². The molecule has 6 heteroatoms. The van der Waals surface area contributed by atoms with Gasteiger partial charge in [0, 0.05) is 18.0 Å². The molecule has 1 N–H and O–H groups in total. The van der Waals surface area contributed by atoms with Crippen molar-refractivity contribution >= 4 is 23.5 Å². The quantitative estimate of drug-likeness (QED) is 0.474. The number of ether oxygens (including phenoxy) is 1. The maximum Gasteiger partial charge on any atom is 0.316 e. The number of anilines is 1. The Balaban J connectivity index is 2.95. The standard InChI is InChI=1S/C14H23N3O2S/c1-6-15-13-10(5)14(17-12(16-13)9(3)4)20-8-11(18)19-7-2/h9H,6-8H2,1-5H3,(H,15,16,17). The molecule has 1 heterocycles. The summed E-state index contributed by atoms with van der Waals surface area (Å²) in [4.78, 5) is 20.5. The second-order valence-corrected chi connectivity index (χ2v) is 5.60. The van der Waals surface area contributed by atoms with Crippen molar-refractivity contribution in [2.24, 2.45) is 0 Å². The van der Waals surface area contributed by atoms with E-state index in [-0.39, 0.29) is 17.6 Å². The van der Waals surface area contributed by atoms with Gasteiger partial charge in [-0.25, -0.2) is 9.97 Å². The van der Waals surface area contributed by atoms with Crippen LogP contribution in [0.5, 0.6) is 0 Å². The van der Waals surface area contributed by atoms with Crippen LogP contribution >= 0.6 is 11.8 Å². The maximum atomic E-state index is 11.5. The molecule has 112 valence electrons. The largest absolute Gasteiger partial charge is 0.465 e. The van der Waals surface area contributed by atoms with Crippen LogP contribution in [0.1, 0.15) is 45.0 Å². The Morgan fingerprint density at radius 3 is 2.60 bits per heavy atom. The molecule has 0 aliphatic heterocycles. The Bertz CT molecular complexity index is 464. The number of carbonyl (C=O) groups is 1. The number of hydrogen-bond donors (Lipinski definition) is 1. The van der Waals surface area contributed by atoms with Gasteiger partial charge >= 0.3 is 5.97 Å². The lowest BCUT2D eigenvalue weighted by atomic mass is 10.2. The van der Waals surface area contributed by atoms with E-state index >= 15 is 0 Å². The Hall–Kier alpha value is -1.30. The number of thioether (sulfide) groups is 1. The van der Waals surface area contributed by atoms with Crippen LogP contribution in [-0.4, -0.2) is 34.8 Å². The number of hydrogen-bond acceptors (Lipinski definition) is 6. The third-order valence-corrected chi connectivity index (χ3v) is 3.66. The molecule has 1 aromatic heterocycles. The Kier molecular flexibility index (Phi) is 6.78. The van der Waals surface area contributed by atoms with Gasteiger partial charge in [0.1, 0.15) is 16.7 Å². The Morgan fingerprint density at radius 2 is 2.05 bits per heavy atom. The molecule has 0 spiro atoms. The van der Waals surface area contributed by atoms with Crippen LogP contribution in [0.2, 0.25) is 0 Å². The van der Waals surface area contributed by atoms with Gasteiger partial charge in [-0.15, -0.1) is 0 Å². The minimum atomic E-state index is -0.216. The first kappa shape index (κ1) is 16.8. The molecule has 1 rings (SSSR count). The van der Waals surface area contributed by atoms with E-state index in [0.29, 0.717) is 6.61 Å². The highest BCUT2D eigenvalue weighted by atomic mass is 32.2. The zero-order chi connectivity index (χ0) is 15.1. The number of carbonyl (C=O) groups excluding carboxylic acids is 1. The van der Waals surface area contributed by atoms with Crippen LogP contribution in [-0.2, 0) is 9.53 Å². The summed E-state index contributed by atoms with van der Waals surface area (Å²) >= 11 is 1.40. The number of rotatable bonds is 7. The molecule has 0 amide bonds. The second-order valence-electron chi connectivity index (χ2n) is 4.64. The summed E-state index contributed by atoms with van der Waals surface area (Å²) in [5, 5.41) is 4.08. The fourth-order valence-corrected chi connectivity index (χ4v) is 2.39. The number of nitrogens with one attached hydrogen (secondary N) is 1. The molecule has 0 saturated carbocycles. The van der Waals surface area contributed by atoms with Gasteiger partial charge in [-0.2, -0.15) is 0 Å². The zero-order valence-corrected chi connectivity index (χ0v) is 13.6. The molecule has 20 heavy (non-hydrogen) atoms. The summed E-state index contributed by atoms with van der Waals surface area (Å²) in [7, 11) is 0. The molecule has 0 atom stereocenters. The molecule has 0 fully saturated rings. The predicted molar refractivity (Wildman–Crippen MR) is 82.4 cm³/mol. The number of aromatic nitrogens is 2. The van der Waals surface area contributed by atoms with Crippen molar-refractivity contribution in [1.82, 2.24) is 9.97 Å². The highest BCUT2D eigenvalue weighted by molar-refractivity contribution is 7.99. The van der Waals surface area contributed by atoms with Crippen molar-refractivity contribution in [3.8, 4) is 0 Å². The minimum absolute atomic E-state index is 0.216. The second kappa shape index (κ2) is 8.09. The minimum Gasteiger partial charge on any atom is -0.465 e. The molecule has 1 aromatic rings. The summed E-state index contributed by atoms with van der Waals surface area (Å²) in [5.74, 6) is 1.94. The third-order valence-electron chi connectivity index (χ3n) is 2.61. The SMILES string of the molecule is CCNc1nc(C(C)C)nc(SCC(=O)OCC)c1C. The third kappa shape index (κ3) is 4.67. The van der Waals surface area contributed by atoms with Crippen molar-refractivity contribution < 1.29 is 9.53 Å². The van der Waals surface area contributed by atoms with Crippen LogP contribution in [0.25, 0.3) is 0 Å². The first-order valence-corrected chi connectivity index (χ1v) is 7.88. The average Bonchev–Trinajstić information content (AvgIpc) is 2.40. The van der Waals surface area contributed by atoms with Gasteiger partial charge < -0.3 is 10.1 Å². The molecule has 0 bridgehead atoms. The molecular formula is C14H23N3O2S. The molecule has 0 aromatic carbocycles. The van der Waals surface area contributed by atoms with Gasteiger partial charge in [0.2, 0.25) is 0 Å². The lowest BCUT2D eigenvalue weighted by Gasteiger charge is -2.14. The van der Waals surface area contributed by atoms with Gasteiger partial charge in [0.25, 0.3) is 0 Å². The van der Waals surface area contributed by atoms with Gasteiger partial charge in [-0.3, -0.25) is 4.79 Å². The van der Waals surface area contributed by atoms with Crippen molar-refractivity contribution in [3.63, 3.8) is 0 Å². The van der Waals surface area contributed by atoms with E-state index in [1.807, 2.05) is 13.8 Å². The lowest BCUT2D eigenvalue weighted by molar-refractivity contribution is -0.139. The molecule has 5 nitrogen and oxygen atoms in total. The highest BCUT2D eigenvalue weighted by Crippen LogP contribution is 2.27. The molecule has 0 aliphatic carbocycles. The fraction of sp³-hybridized carbons (Fsp3) is 0.643. The maximum absolute atomic E-state index is 11.5. The van der Waals surface area contributed by atoms with E-state index in [1.54, 1.807) is 6.92 Å². The van der Waals surface area contributed by atoms with E-state index < -0.39 is 0 Å². The monoisotopic (exact) mass is 297 g/mol. The van der Waals surface area contributed by atoms with E-state index in [2.05, 4.69) is 29.1 Å². The van der Waals surface area contributed by atoms with E-state index in [9.17, 15) is 4.79 Å². The summed E-state index contributed by atoms with van der Waals surface area (Å²) in [5.41, 5.74) is 0.977. The van der Waals surface area contributed by atoms with Crippen molar-refractivity contribution in [2.45, 2.75) is 45.6 Å². The lowest BCUT2D eigenvalue weighted by Crippen LogP contribution is -2.10. The first-order chi connectivity index (χ1) is 9.49. The number of nitrogens with zero attached hydrogens (tertiary/aromatic N) is 2. The van der Waals surface area contributed by atoms with Gasteiger partial charge in [0.15, 0.2) is 0 Å². The Morgan fingerprint density at radius 1 is 1.35 bits per heavy atom. The van der Waals surface area contributed by atoms with Crippen LogP contribution in [0, 0.1) is 6.92 Å². The van der Waals surface area contributed by atoms with Crippen molar-refractivity contribution in [2.75, 3.05) is 24.2 Å². The van der Waals surface area contributed by atoms with E-state index in [0.717, 1.165) is 28.8 Å². The fourth-order valence-electron chi connectivity index (χ4n) is 1.58. The van der Waals surface area contributed by atoms with Crippen LogP contribution in [0.4, 0.5) is 5.82 Å². The van der Waals surface area contributed by atoms with Crippen molar-refractivity contribution in [1.29, 1.82) is 0 Å². The predicted octanol–water partition coefficient (Wildman–Crippen LogP) is 3.00. The molecular weight excluding hydrogens is 274 g/mol. The summed E-state index contributed by atoms with van der Waals surface area (Å²) in [6.07, 6.45) is 0. The van der Waals surface area contributed by atoms with E-state index in [4.69, 9.17) is 4.74 Å². The summed E-state index contributed by atoms with van der Waals surface area (Å²) in [6, 6.07) is 0.